The number of imidazole rings is 1. The number of hydrogen-bond donors (Lipinski definition) is 0. The molecule has 2 atom stereocenters. The summed E-state index contributed by atoms with van der Waals surface area (Å²) in [5.41, 5.74) is 2.81. The van der Waals surface area contributed by atoms with Crippen molar-refractivity contribution in [2.75, 3.05) is 0 Å². The minimum Gasteiger partial charge on any atom is -0.237 e. The number of hydrogen-bond acceptors (Lipinski definition) is 0. The quantitative estimate of drug-likeness (QED) is 0.0810. The summed E-state index contributed by atoms with van der Waals surface area (Å²) in [7, 11) is 0. The van der Waals surface area contributed by atoms with E-state index in [1.54, 1.807) is 0 Å². The summed E-state index contributed by atoms with van der Waals surface area (Å²) in [6.45, 7) is 8.24. The fourth-order valence-electron chi connectivity index (χ4n) is 6.45. The van der Waals surface area contributed by atoms with Crippen molar-refractivity contribution in [3.05, 3.63) is 90.5 Å². The second kappa shape index (κ2) is 19.7. The molecule has 0 bridgehead atoms. The van der Waals surface area contributed by atoms with E-state index < -0.39 is 0 Å². The molecule has 1 aromatic heterocycles. The van der Waals surface area contributed by atoms with Gasteiger partial charge in [-0.1, -0.05) is 171 Å². The maximum atomic E-state index is 2.43. The summed E-state index contributed by atoms with van der Waals surface area (Å²) in [6, 6.07) is 22.4. The van der Waals surface area contributed by atoms with E-state index in [-0.39, 0.29) is 5.41 Å². The lowest BCUT2D eigenvalue weighted by Gasteiger charge is -2.34. The van der Waals surface area contributed by atoms with Crippen molar-refractivity contribution < 1.29 is 4.57 Å². The molecule has 0 spiro atoms. The fraction of sp³-hybridized carbons (Fsp3) is 0.615. The molecule has 0 aliphatic carbocycles. The van der Waals surface area contributed by atoms with Crippen LogP contribution in [0, 0.1) is 0 Å². The standard InChI is InChI=1S/C39H61N2/c1-4-5-6-7-8-9-10-11-12-13-14-15-16-17-18-19-26-31-40-32-33-41(35-40)36(2)39(3,38-29-24-21-25-30-38)34-37-27-22-20-23-28-37/h20-25,27-30,32-33,35-36H,4-19,26,31,34H2,1-3H3/q+1. The zero-order valence-electron chi connectivity index (χ0n) is 26.9. The third kappa shape index (κ3) is 12.2. The van der Waals surface area contributed by atoms with Crippen molar-refractivity contribution in [3.8, 4) is 0 Å². The lowest BCUT2D eigenvalue weighted by atomic mass is 9.72. The maximum absolute atomic E-state index is 2.43. The van der Waals surface area contributed by atoms with E-state index in [1.165, 1.54) is 120 Å². The van der Waals surface area contributed by atoms with E-state index in [4.69, 9.17) is 0 Å². The highest BCUT2D eigenvalue weighted by molar-refractivity contribution is 5.30. The number of aryl methyl sites for hydroxylation is 1. The molecule has 2 unspecified atom stereocenters. The highest BCUT2D eigenvalue weighted by atomic mass is 15.1. The van der Waals surface area contributed by atoms with Gasteiger partial charge in [-0.3, -0.25) is 0 Å². The van der Waals surface area contributed by atoms with Crippen molar-refractivity contribution in [2.24, 2.45) is 0 Å². The van der Waals surface area contributed by atoms with Gasteiger partial charge < -0.3 is 0 Å². The van der Waals surface area contributed by atoms with Crippen LogP contribution in [-0.4, -0.2) is 4.57 Å². The molecule has 0 N–H and O–H groups in total. The van der Waals surface area contributed by atoms with E-state index in [9.17, 15) is 0 Å². The van der Waals surface area contributed by atoms with E-state index in [2.05, 4.69) is 109 Å². The van der Waals surface area contributed by atoms with Crippen LogP contribution in [0.1, 0.15) is 147 Å². The van der Waals surface area contributed by atoms with Crippen molar-refractivity contribution >= 4 is 0 Å². The predicted molar refractivity (Wildman–Crippen MR) is 177 cm³/mol. The van der Waals surface area contributed by atoms with Gasteiger partial charge in [-0.15, -0.1) is 0 Å². The molecule has 3 aromatic rings. The Labute approximate surface area is 253 Å². The maximum Gasteiger partial charge on any atom is 0.243 e. The smallest absolute Gasteiger partial charge is 0.237 e. The molecular formula is C39H61N2+. The second-order valence-electron chi connectivity index (χ2n) is 12.9. The van der Waals surface area contributed by atoms with Gasteiger partial charge >= 0.3 is 0 Å². The highest BCUT2D eigenvalue weighted by Crippen LogP contribution is 2.38. The van der Waals surface area contributed by atoms with E-state index >= 15 is 0 Å². The van der Waals surface area contributed by atoms with Crippen LogP contribution in [0.3, 0.4) is 0 Å². The third-order valence-corrected chi connectivity index (χ3v) is 9.45. The number of unbranched alkanes of at least 4 members (excludes halogenated alkanes) is 16. The topological polar surface area (TPSA) is 8.81 Å². The van der Waals surface area contributed by atoms with Crippen molar-refractivity contribution in [2.45, 2.75) is 154 Å². The van der Waals surface area contributed by atoms with Crippen LogP contribution in [0.2, 0.25) is 0 Å². The van der Waals surface area contributed by atoms with E-state index in [0.717, 1.165) is 13.0 Å². The Balaban J connectivity index is 1.29. The number of benzene rings is 2. The lowest BCUT2D eigenvalue weighted by molar-refractivity contribution is -0.697. The first-order chi connectivity index (χ1) is 20.1. The molecule has 41 heavy (non-hydrogen) atoms. The van der Waals surface area contributed by atoms with Gasteiger partial charge in [-0.25, -0.2) is 9.13 Å². The summed E-state index contributed by atoms with van der Waals surface area (Å²) in [6.07, 6.45) is 32.1. The fourth-order valence-corrected chi connectivity index (χ4v) is 6.45. The number of nitrogens with zero attached hydrogens (tertiary/aromatic N) is 2. The highest BCUT2D eigenvalue weighted by Gasteiger charge is 2.37. The summed E-state index contributed by atoms with van der Waals surface area (Å²) in [4.78, 5) is 0. The third-order valence-electron chi connectivity index (χ3n) is 9.45. The Hall–Kier alpha value is -2.35. The van der Waals surface area contributed by atoms with Gasteiger partial charge in [0.15, 0.2) is 0 Å². The monoisotopic (exact) mass is 557 g/mol. The molecule has 1 heterocycles. The van der Waals surface area contributed by atoms with Gasteiger partial charge in [-0.2, -0.15) is 0 Å². The molecule has 2 nitrogen and oxygen atoms in total. The average molecular weight is 558 g/mol. The molecule has 226 valence electrons. The van der Waals surface area contributed by atoms with Gasteiger partial charge in [0, 0.05) is 5.41 Å². The van der Waals surface area contributed by atoms with Crippen LogP contribution < -0.4 is 4.57 Å². The predicted octanol–water partition coefficient (Wildman–Crippen LogP) is 11.2. The molecule has 0 saturated carbocycles. The van der Waals surface area contributed by atoms with Crippen molar-refractivity contribution in [1.82, 2.24) is 4.57 Å². The molecule has 2 aromatic carbocycles. The van der Waals surface area contributed by atoms with Gasteiger partial charge in [0.25, 0.3) is 0 Å². The zero-order valence-corrected chi connectivity index (χ0v) is 26.9. The van der Waals surface area contributed by atoms with Gasteiger partial charge in [0.1, 0.15) is 18.4 Å². The molecule has 3 rings (SSSR count). The SMILES string of the molecule is CCCCCCCCCCCCCCCCCCC[n+]1ccn(C(C)C(C)(Cc2ccccc2)c2ccccc2)c1. The summed E-state index contributed by atoms with van der Waals surface area (Å²) in [5, 5.41) is 0. The Bertz CT molecular complexity index is 1020. The normalized spacial score (nSPS) is 13.7. The first-order valence-corrected chi connectivity index (χ1v) is 17.3. The lowest BCUT2D eigenvalue weighted by Crippen LogP contribution is -2.36. The Morgan fingerprint density at radius 1 is 0.634 bits per heavy atom. The second-order valence-corrected chi connectivity index (χ2v) is 12.9. The first-order valence-electron chi connectivity index (χ1n) is 17.3. The summed E-state index contributed by atoms with van der Waals surface area (Å²) < 4.78 is 4.83. The average Bonchev–Trinajstić information content (AvgIpc) is 3.48. The molecule has 0 saturated heterocycles. The van der Waals surface area contributed by atoms with Gasteiger partial charge in [0.2, 0.25) is 6.33 Å². The number of aromatic nitrogens is 2. The van der Waals surface area contributed by atoms with Crippen LogP contribution in [0.15, 0.2) is 79.4 Å². The summed E-state index contributed by atoms with van der Waals surface area (Å²) >= 11 is 0. The van der Waals surface area contributed by atoms with Gasteiger partial charge in [0.05, 0.1) is 6.54 Å². The minimum atomic E-state index is 0.00729. The zero-order chi connectivity index (χ0) is 29.0. The van der Waals surface area contributed by atoms with Crippen molar-refractivity contribution in [3.63, 3.8) is 0 Å². The largest absolute Gasteiger partial charge is 0.243 e. The molecule has 0 amide bonds. The Morgan fingerprint density at radius 2 is 1.10 bits per heavy atom. The van der Waals surface area contributed by atoms with Crippen LogP contribution in [-0.2, 0) is 18.4 Å². The first kappa shape index (κ1) is 33.2. The molecule has 2 heteroatoms. The van der Waals surface area contributed by atoms with Crippen LogP contribution in [0.4, 0.5) is 0 Å². The molecule has 0 aliphatic rings. The van der Waals surface area contributed by atoms with E-state index in [1.807, 2.05) is 0 Å². The van der Waals surface area contributed by atoms with Crippen LogP contribution in [0.5, 0.6) is 0 Å². The Morgan fingerprint density at radius 3 is 1.61 bits per heavy atom. The minimum absolute atomic E-state index is 0.00729. The van der Waals surface area contributed by atoms with Crippen LogP contribution in [0.25, 0.3) is 0 Å². The van der Waals surface area contributed by atoms with Crippen molar-refractivity contribution in [1.29, 1.82) is 0 Å². The number of rotatable bonds is 23. The molecular weight excluding hydrogens is 496 g/mol. The molecule has 0 aliphatic heterocycles. The molecule has 0 fully saturated rings. The van der Waals surface area contributed by atoms with Gasteiger partial charge in [-0.05, 0) is 37.3 Å². The Kier molecular flexibility index (Phi) is 15.9. The van der Waals surface area contributed by atoms with Crippen LogP contribution >= 0.6 is 0 Å². The summed E-state index contributed by atoms with van der Waals surface area (Å²) in [5.74, 6) is 0. The van der Waals surface area contributed by atoms with E-state index in [0.29, 0.717) is 6.04 Å². The molecule has 0 radical (unpaired) electrons.